The maximum absolute atomic E-state index is 12.9. The smallest absolute Gasteiger partial charge is 0.406 e. The molecule has 2 N–H and O–H groups in total. The molecule has 0 bridgehead atoms. The number of amides is 1. The molecule has 0 spiro atoms. The number of ether oxygens (including phenoxy) is 1. The van der Waals surface area contributed by atoms with Gasteiger partial charge in [0.1, 0.15) is 17.3 Å². The van der Waals surface area contributed by atoms with E-state index >= 15 is 0 Å². The summed E-state index contributed by atoms with van der Waals surface area (Å²) in [5, 5.41) is 2.87. The quantitative estimate of drug-likeness (QED) is 0.615. The van der Waals surface area contributed by atoms with Gasteiger partial charge in [-0.1, -0.05) is 42.5 Å². The number of nitrogens with zero attached hydrogens (tertiary/aromatic N) is 1. The van der Waals surface area contributed by atoms with Gasteiger partial charge >= 0.3 is 6.36 Å². The van der Waals surface area contributed by atoms with Gasteiger partial charge in [-0.2, -0.15) is 0 Å². The van der Waals surface area contributed by atoms with Gasteiger partial charge in [0.15, 0.2) is 0 Å². The number of hydrogen-bond acceptors (Lipinski definition) is 4. The Labute approximate surface area is 175 Å². The molecule has 1 aliphatic rings. The Kier molecular flexibility index (Phi) is 5.50. The number of rotatable bonds is 6. The van der Waals surface area contributed by atoms with E-state index in [9.17, 15) is 22.8 Å². The fourth-order valence-corrected chi connectivity index (χ4v) is 3.30. The van der Waals surface area contributed by atoms with Crippen LogP contribution in [0.5, 0.6) is 5.75 Å². The molecule has 0 saturated heterocycles. The molecule has 1 aromatic heterocycles. The number of halogens is 3. The zero-order chi connectivity index (χ0) is 22.0. The molecular formula is C22H18F3N3O3. The van der Waals surface area contributed by atoms with Crippen LogP contribution in [0.4, 0.5) is 13.2 Å². The third kappa shape index (κ3) is 5.30. The lowest BCUT2D eigenvalue weighted by Gasteiger charge is -2.19. The molecule has 0 radical (unpaired) electrons. The highest BCUT2D eigenvalue weighted by atomic mass is 19.4. The molecule has 1 heterocycles. The summed E-state index contributed by atoms with van der Waals surface area (Å²) in [5.74, 6) is -0.430. The van der Waals surface area contributed by atoms with Crippen molar-refractivity contribution in [1.29, 1.82) is 0 Å². The SMILES string of the molecule is O=C(N[C@@H](c1ccc(OC(F)(F)F)cc1)C1CC1)c1cc(=O)[nH]c(-c2ccccc2)n1. The highest BCUT2D eigenvalue weighted by Crippen LogP contribution is 2.41. The summed E-state index contributed by atoms with van der Waals surface area (Å²) >= 11 is 0. The van der Waals surface area contributed by atoms with Crippen LogP contribution in [0.1, 0.15) is 34.9 Å². The summed E-state index contributed by atoms with van der Waals surface area (Å²) in [7, 11) is 0. The maximum atomic E-state index is 12.9. The lowest BCUT2D eigenvalue weighted by atomic mass is 10.0. The van der Waals surface area contributed by atoms with Gasteiger partial charge in [0.2, 0.25) is 0 Å². The van der Waals surface area contributed by atoms with E-state index in [0.29, 0.717) is 11.1 Å². The molecule has 160 valence electrons. The van der Waals surface area contributed by atoms with E-state index in [1.165, 1.54) is 24.3 Å². The van der Waals surface area contributed by atoms with Gasteiger partial charge in [0, 0.05) is 11.6 Å². The number of carbonyl (C=O) groups excluding carboxylic acids is 1. The number of carbonyl (C=O) groups is 1. The van der Waals surface area contributed by atoms with Gasteiger partial charge in [-0.05, 0) is 36.5 Å². The molecule has 9 heteroatoms. The van der Waals surface area contributed by atoms with Crippen LogP contribution in [-0.2, 0) is 0 Å². The zero-order valence-corrected chi connectivity index (χ0v) is 16.1. The fraction of sp³-hybridized carbons (Fsp3) is 0.227. The normalized spacial score (nSPS) is 14.7. The third-order valence-corrected chi connectivity index (χ3v) is 4.87. The molecule has 0 aliphatic heterocycles. The Bertz CT molecular complexity index is 1120. The van der Waals surface area contributed by atoms with E-state index in [1.807, 2.05) is 6.07 Å². The van der Waals surface area contributed by atoms with Crippen LogP contribution >= 0.6 is 0 Å². The van der Waals surface area contributed by atoms with Crippen LogP contribution in [-0.4, -0.2) is 22.2 Å². The van der Waals surface area contributed by atoms with E-state index < -0.39 is 23.9 Å². The average molecular weight is 429 g/mol. The lowest BCUT2D eigenvalue weighted by Crippen LogP contribution is -2.31. The Balaban J connectivity index is 1.55. The predicted molar refractivity (Wildman–Crippen MR) is 106 cm³/mol. The van der Waals surface area contributed by atoms with Crippen molar-refractivity contribution in [2.24, 2.45) is 5.92 Å². The average Bonchev–Trinajstić information content (AvgIpc) is 3.57. The van der Waals surface area contributed by atoms with Gasteiger partial charge in [0.25, 0.3) is 11.5 Å². The molecule has 0 unspecified atom stereocenters. The Morgan fingerprint density at radius 3 is 2.39 bits per heavy atom. The summed E-state index contributed by atoms with van der Waals surface area (Å²) in [6, 6.07) is 15.0. The first-order valence-electron chi connectivity index (χ1n) is 9.62. The monoisotopic (exact) mass is 429 g/mol. The third-order valence-electron chi connectivity index (χ3n) is 4.87. The van der Waals surface area contributed by atoms with Gasteiger partial charge in [-0.15, -0.1) is 13.2 Å². The molecular weight excluding hydrogens is 411 g/mol. The molecule has 4 rings (SSSR count). The Hall–Kier alpha value is -3.62. The minimum atomic E-state index is -4.77. The van der Waals surface area contributed by atoms with Crippen LogP contribution in [0.25, 0.3) is 11.4 Å². The highest BCUT2D eigenvalue weighted by Gasteiger charge is 2.35. The molecule has 31 heavy (non-hydrogen) atoms. The predicted octanol–water partition coefficient (Wildman–Crippen LogP) is 4.22. The van der Waals surface area contributed by atoms with Crippen LogP contribution in [0.2, 0.25) is 0 Å². The van der Waals surface area contributed by atoms with Gasteiger partial charge in [-0.3, -0.25) is 9.59 Å². The van der Waals surface area contributed by atoms with Crippen LogP contribution < -0.4 is 15.6 Å². The van der Waals surface area contributed by atoms with Crippen molar-refractivity contribution in [3.8, 4) is 17.1 Å². The number of aromatic amines is 1. The lowest BCUT2D eigenvalue weighted by molar-refractivity contribution is -0.274. The van der Waals surface area contributed by atoms with E-state index in [2.05, 4.69) is 20.0 Å². The van der Waals surface area contributed by atoms with E-state index in [0.717, 1.165) is 18.9 Å². The van der Waals surface area contributed by atoms with Crippen molar-refractivity contribution in [3.63, 3.8) is 0 Å². The zero-order valence-electron chi connectivity index (χ0n) is 16.1. The minimum Gasteiger partial charge on any atom is -0.406 e. The number of benzene rings is 2. The van der Waals surface area contributed by atoms with E-state index in [-0.39, 0.29) is 23.2 Å². The number of aromatic nitrogens is 2. The molecule has 1 saturated carbocycles. The fourth-order valence-electron chi connectivity index (χ4n) is 3.30. The standard InChI is InChI=1S/C22H18F3N3O3/c23-22(24,25)31-16-10-8-14(9-11-16)19(13-6-7-13)28-21(30)17-12-18(29)27-20(26-17)15-4-2-1-3-5-15/h1-5,8-13,19H,6-7H2,(H,28,30)(H,26,27,29)/t19-/m1/s1. The van der Waals surface area contributed by atoms with Gasteiger partial charge in [0.05, 0.1) is 6.04 Å². The van der Waals surface area contributed by atoms with Gasteiger partial charge < -0.3 is 15.0 Å². The summed E-state index contributed by atoms with van der Waals surface area (Å²) in [4.78, 5) is 31.8. The number of hydrogen-bond donors (Lipinski definition) is 2. The summed E-state index contributed by atoms with van der Waals surface area (Å²) in [6.45, 7) is 0. The highest BCUT2D eigenvalue weighted by molar-refractivity contribution is 5.92. The topological polar surface area (TPSA) is 84.1 Å². The minimum absolute atomic E-state index is 0.0368. The Morgan fingerprint density at radius 2 is 1.77 bits per heavy atom. The molecule has 2 aromatic carbocycles. The second-order valence-corrected chi connectivity index (χ2v) is 7.25. The van der Waals surface area contributed by atoms with Crippen molar-refractivity contribution in [3.05, 3.63) is 82.3 Å². The summed E-state index contributed by atoms with van der Waals surface area (Å²) in [6.07, 6.45) is -3.01. The van der Waals surface area contributed by atoms with Crippen molar-refractivity contribution in [1.82, 2.24) is 15.3 Å². The Morgan fingerprint density at radius 1 is 1.10 bits per heavy atom. The van der Waals surface area contributed by atoms with Crippen LogP contribution in [0.3, 0.4) is 0 Å². The first-order valence-corrected chi connectivity index (χ1v) is 9.62. The van der Waals surface area contributed by atoms with E-state index in [1.54, 1.807) is 24.3 Å². The molecule has 1 atom stereocenters. The summed E-state index contributed by atoms with van der Waals surface area (Å²) in [5.41, 5.74) is 0.813. The number of alkyl halides is 3. The van der Waals surface area contributed by atoms with Crippen molar-refractivity contribution >= 4 is 5.91 Å². The van der Waals surface area contributed by atoms with Crippen LogP contribution in [0.15, 0.2) is 65.5 Å². The largest absolute Gasteiger partial charge is 0.573 e. The molecule has 1 aliphatic carbocycles. The van der Waals surface area contributed by atoms with Crippen molar-refractivity contribution in [2.45, 2.75) is 25.2 Å². The molecule has 1 fully saturated rings. The first-order chi connectivity index (χ1) is 14.8. The molecule has 1 amide bonds. The number of nitrogens with one attached hydrogen (secondary N) is 2. The van der Waals surface area contributed by atoms with Gasteiger partial charge in [-0.25, -0.2) is 4.98 Å². The van der Waals surface area contributed by atoms with E-state index in [4.69, 9.17) is 0 Å². The first kappa shape index (κ1) is 20.6. The van der Waals surface area contributed by atoms with Crippen molar-refractivity contribution in [2.75, 3.05) is 0 Å². The number of H-pyrrole nitrogens is 1. The summed E-state index contributed by atoms with van der Waals surface area (Å²) < 4.78 is 41.0. The maximum Gasteiger partial charge on any atom is 0.573 e. The van der Waals surface area contributed by atoms with Crippen LogP contribution in [0, 0.1) is 5.92 Å². The van der Waals surface area contributed by atoms with Crippen molar-refractivity contribution < 1.29 is 22.7 Å². The second kappa shape index (κ2) is 8.25. The molecule has 3 aromatic rings. The molecule has 6 nitrogen and oxygen atoms in total. The second-order valence-electron chi connectivity index (χ2n) is 7.25.